The van der Waals surface area contributed by atoms with Gasteiger partial charge in [0.1, 0.15) is 0 Å². The number of benzene rings is 1. The topological polar surface area (TPSA) is 73.5 Å². The minimum atomic E-state index is 0.0994. The molecule has 2 heterocycles. The molecule has 0 aromatic heterocycles. The zero-order chi connectivity index (χ0) is 17.8. The predicted octanol–water partition coefficient (Wildman–Crippen LogP) is 1.43. The van der Waals surface area contributed by atoms with Crippen LogP contribution in [0.25, 0.3) is 0 Å². The number of hydrazine groups is 1. The average Bonchev–Trinajstić information content (AvgIpc) is 3.10. The molecule has 1 aromatic rings. The maximum absolute atomic E-state index is 12.3. The van der Waals surface area contributed by atoms with Crippen LogP contribution in [-0.2, 0) is 11.3 Å². The van der Waals surface area contributed by atoms with Crippen LogP contribution in [0.15, 0.2) is 24.3 Å². The summed E-state index contributed by atoms with van der Waals surface area (Å²) >= 11 is 0. The molecule has 1 fully saturated rings. The molecule has 3 N–H and O–H groups in total. The van der Waals surface area contributed by atoms with Gasteiger partial charge in [-0.3, -0.25) is 20.4 Å². The van der Waals surface area contributed by atoms with Crippen molar-refractivity contribution in [1.82, 2.24) is 21.1 Å². The zero-order valence-electron chi connectivity index (χ0n) is 15.0. The van der Waals surface area contributed by atoms with Gasteiger partial charge in [-0.05, 0) is 38.3 Å². The molecular weight excluding hydrogens is 316 g/mol. The monoisotopic (exact) mass is 344 g/mol. The number of nitrogens with one attached hydrogen (secondary N) is 3. The van der Waals surface area contributed by atoms with Crippen molar-refractivity contribution >= 4 is 11.8 Å². The Bertz CT molecular complexity index is 624. The van der Waals surface area contributed by atoms with Gasteiger partial charge in [-0.1, -0.05) is 18.2 Å². The summed E-state index contributed by atoms with van der Waals surface area (Å²) in [5.74, 6) is 0.622. The number of hydrogen-bond donors (Lipinski definition) is 3. The van der Waals surface area contributed by atoms with Crippen molar-refractivity contribution in [2.24, 2.45) is 5.92 Å². The summed E-state index contributed by atoms with van der Waals surface area (Å²) in [4.78, 5) is 26.2. The van der Waals surface area contributed by atoms with Gasteiger partial charge in [0.15, 0.2) is 0 Å². The Kier molecular flexibility index (Phi) is 5.71. The molecule has 136 valence electrons. The maximum atomic E-state index is 12.3. The third kappa shape index (κ3) is 4.19. The van der Waals surface area contributed by atoms with Crippen LogP contribution in [0.3, 0.4) is 0 Å². The molecule has 2 aliphatic rings. The molecule has 2 amide bonds. The van der Waals surface area contributed by atoms with Crippen molar-refractivity contribution in [2.45, 2.75) is 51.7 Å². The third-order valence-corrected chi connectivity index (χ3v) is 5.34. The molecule has 0 bridgehead atoms. The van der Waals surface area contributed by atoms with E-state index in [1.54, 1.807) is 0 Å². The van der Waals surface area contributed by atoms with Gasteiger partial charge in [0.2, 0.25) is 5.91 Å². The standard InChI is InChI=1S/C19H28N4O2/c1-13-17(14(2)22-21-13)11-20-18(24)9-5-6-10-23-12-15-7-3-4-8-16(15)19(23)25/h3-4,7-8,13-14,17,21-22H,5-6,9-12H2,1-2H3,(H,20,24). The fourth-order valence-electron chi connectivity index (χ4n) is 3.67. The Balaban J connectivity index is 1.33. The molecular formula is C19H28N4O2. The van der Waals surface area contributed by atoms with Gasteiger partial charge in [-0.25, -0.2) is 0 Å². The summed E-state index contributed by atoms with van der Waals surface area (Å²) in [5, 5.41) is 3.04. The molecule has 6 nitrogen and oxygen atoms in total. The van der Waals surface area contributed by atoms with Gasteiger partial charge >= 0.3 is 0 Å². The highest BCUT2D eigenvalue weighted by Gasteiger charge is 2.29. The van der Waals surface area contributed by atoms with Crippen LogP contribution in [0, 0.1) is 5.92 Å². The molecule has 25 heavy (non-hydrogen) atoms. The Morgan fingerprint density at radius 1 is 1.20 bits per heavy atom. The molecule has 1 aromatic carbocycles. The largest absolute Gasteiger partial charge is 0.356 e. The van der Waals surface area contributed by atoms with Crippen LogP contribution in [0.2, 0.25) is 0 Å². The van der Waals surface area contributed by atoms with Gasteiger partial charge in [-0.2, -0.15) is 0 Å². The number of unbranched alkanes of at least 4 members (excludes halogenated alkanes) is 1. The van der Waals surface area contributed by atoms with Gasteiger partial charge in [0, 0.05) is 49.6 Å². The minimum absolute atomic E-state index is 0.0994. The smallest absolute Gasteiger partial charge is 0.254 e. The molecule has 0 aliphatic carbocycles. The number of carbonyl (C=O) groups is 2. The first kappa shape index (κ1) is 17.9. The van der Waals surface area contributed by atoms with Crippen molar-refractivity contribution in [1.29, 1.82) is 0 Å². The SMILES string of the molecule is CC1NNC(C)C1CNC(=O)CCCCN1Cc2ccccc2C1=O. The summed E-state index contributed by atoms with van der Waals surface area (Å²) in [7, 11) is 0. The first-order valence-electron chi connectivity index (χ1n) is 9.21. The molecule has 2 atom stereocenters. The normalized spacial score (nSPS) is 25.3. The summed E-state index contributed by atoms with van der Waals surface area (Å²) in [6.45, 7) is 6.35. The molecule has 0 radical (unpaired) electrons. The lowest BCUT2D eigenvalue weighted by molar-refractivity contribution is -0.121. The van der Waals surface area contributed by atoms with E-state index < -0.39 is 0 Å². The van der Waals surface area contributed by atoms with E-state index in [2.05, 4.69) is 30.0 Å². The fourth-order valence-corrected chi connectivity index (χ4v) is 3.67. The number of amides is 2. The fraction of sp³-hybridized carbons (Fsp3) is 0.579. The van der Waals surface area contributed by atoms with E-state index in [9.17, 15) is 9.59 Å². The van der Waals surface area contributed by atoms with Crippen LogP contribution >= 0.6 is 0 Å². The summed E-state index contributed by atoms with van der Waals surface area (Å²) in [6, 6.07) is 8.49. The van der Waals surface area contributed by atoms with Gasteiger partial charge in [0.25, 0.3) is 5.91 Å². The average molecular weight is 344 g/mol. The van der Waals surface area contributed by atoms with Gasteiger partial charge in [-0.15, -0.1) is 0 Å². The molecule has 0 saturated carbocycles. The van der Waals surface area contributed by atoms with E-state index in [1.165, 1.54) is 0 Å². The first-order chi connectivity index (χ1) is 12.1. The van der Waals surface area contributed by atoms with Crippen LogP contribution in [-0.4, -0.2) is 41.9 Å². The van der Waals surface area contributed by atoms with E-state index in [0.717, 1.165) is 24.0 Å². The third-order valence-electron chi connectivity index (χ3n) is 5.34. The Morgan fingerprint density at radius 2 is 1.92 bits per heavy atom. The molecule has 2 aliphatic heterocycles. The zero-order valence-corrected chi connectivity index (χ0v) is 15.0. The summed E-state index contributed by atoms with van der Waals surface area (Å²) in [6.07, 6.45) is 2.18. The van der Waals surface area contributed by atoms with E-state index in [1.807, 2.05) is 29.2 Å². The van der Waals surface area contributed by atoms with Crippen LogP contribution in [0.1, 0.15) is 49.0 Å². The lowest BCUT2D eigenvalue weighted by Crippen LogP contribution is -2.37. The second-order valence-electron chi connectivity index (χ2n) is 7.17. The predicted molar refractivity (Wildman–Crippen MR) is 96.7 cm³/mol. The number of carbonyl (C=O) groups excluding carboxylic acids is 2. The van der Waals surface area contributed by atoms with Crippen molar-refractivity contribution in [2.75, 3.05) is 13.1 Å². The highest BCUT2D eigenvalue weighted by atomic mass is 16.2. The van der Waals surface area contributed by atoms with E-state index in [-0.39, 0.29) is 11.8 Å². The van der Waals surface area contributed by atoms with E-state index in [4.69, 9.17) is 0 Å². The van der Waals surface area contributed by atoms with Crippen molar-refractivity contribution in [3.8, 4) is 0 Å². The highest BCUT2D eigenvalue weighted by molar-refractivity contribution is 5.98. The number of fused-ring (bicyclic) bond motifs is 1. The van der Waals surface area contributed by atoms with Crippen LogP contribution in [0.5, 0.6) is 0 Å². The quantitative estimate of drug-likeness (QED) is 0.654. The first-order valence-corrected chi connectivity index (χ1v) is 9.21. The minimum Gasteiger partial charge on any atom is -0.356 e. The molecule has 3 rings (SSSR count). The Morgan fingerprint density at radius 3 is 2.64 bits per heavy atom. The lowest BCUT2D eigenvalue weighted by Gasteiger charge is -2.18. The Labute approximate surface area is 149 Å². The number of nitrogens with zero attached hydrogens (tertiary/aromatic N) is 1. The summed E-state index contributed by atoms with van der Waals surface area (Å²) < 4.78 is 0. The molecule has 6 heteroatoms. The molecule has 2 unspecified atom stereocenters. The van der Waals surface area contributed by atoms with Crippen molar-refractivity contribution < 1.29 is 9.59 Å². The maximum Gasteiger partial charge on any atom is 0.254 e. The van der Waals surface area contributed by atoms with Gasteiger partial charge in [0.05, 0.1) is 0 Å². The van der Waals surface area contributed by atoms with Crippen molar-refractivity contribution in [3.05, 3.63) is 35.4 Å². The van der Waals surface area contributed by atoms with Crippen LogP contribution in [0.4, 0.5) is 0 Å². The Hall–Kier alpha value is -1.92. The van der Waals surface area contributed by atoms with Gasteiger partial charge < -0.3 is 10.2 Å². The van der Waals surface area contributed by atoms with E-state index in [0.29, 0.717) is 44.1 Å². The molecule has 0 spiro atoms. The van der Waals surface area contributed by atoms with E-state index >= 15 is 0 Å². The summed E-state index contributed by atoms with van der Waals surface area (Å²) in [5.41, 5.74) is 8.32. The lowest BCUT2D eigenvalue weighted by atomic mass is 9.97. The number of hydrogen-bond acceptors (Lipinski definition) is 4. The molecule has 1 saturated heterocycles. The second-order valence-corrected chi connectivity index (χ2v) is 7.17. The highest BCUT2D eigenvalue weighted by Crippen LogP contribution is 2.22. The van der Waals surface area contributed by atoms with Crippen LogP contribution < -0.4 is 16.2 Å². The van der Waals surface area contributed by atoms with Crippen molar-refractivity contribution in [3.63, 3.8) is 0 Å². The second kappa shape index (κ2) is 7.97. The number of rotatable bonds is 7.